The molecule has 0 fully saturated rings. The zero-order chi connectivity index (χ0) is 17.7. The normalized spacial score (nSPS) is 10.1. The Hall–Kier alpha value is -2.74. The number of nitrogens with one attached hydrogen (secondary N) is 1. The average Bonchev–Trinajstić information content (AvgIpc) is 2.61. The lowest BCUT2D eigenvalue weighted by Gasteiger charge is -2.11. The van der Waals surface area contributed by atoms with Gasteiger partial charge in [-0.1, -0.05) is 0 Å². The highest BCUT2D eigenvalue weighted by Crippen LogP contribution is 2.31. The summed E-state index contributed by atoms with van der Waals surface area (Å²) in [6.45, 7) is 0. The van der Waals surface area contributed by atoms with Gasteiger partial charge in [0.05, 0.1) is 30.8 Å². The van der Waals surface area contributed by atoms with Crippen molar-refractivity contribution in [2.24, 2.45) is 0 Å². The molecular formula is C16H16N2O5S. The fourth-order valence-electron chi connectivity index (χ4n) is 2.07. The third-order valence-corrected chi connectivity index (χ3v) is 4.03. The van der Waals surface area contributed by atoms with Gasteiger partial charge in [0.1, 0.15) is 17.2 Å². The van der Waals surface area contributed by atoms with Gasteiger partial charge in [-0.15, -0.1) is 11.8 Å². The third kappa shape index (κ3) is 3.77. The molecule has 0 heterocycles. The maximum absolute atomic E-state index is 12.5. The van der Waals surface area contributed by atoms with Crippen LogP contribution in [-0.4, -0.2) is 31.3 Å². The number of methoxy groups -OCH3 is 2. The summed E-state index contributed by atoms with van der Waals surface area (Å²) in [5.41, 5.74) is 0.129. The lowest BCUT2D eigenvalue weighted by molar-refractivity contribution is -0.384. The predicted molar refractivity (Wildman–Crippen MR) is 92.4 cm³/mol. The topological polar surface area (TPSA) is 90.7 Å². The lowest BCUT2D eigenvalue weighted by Crippen LogP contribution is -2.14. The van der Waals surface area contributed by atoms with E-state index in [2.05, 4.69) is 5.32 Å². The molecule has 0 bridgehead atoms. The Kier molecular flexibility index (Phi) is 5.64. The SMILES string of the molecule is COc1ccc(NC(=O)c2ccc(SC)cc2OC)c([N+](=O)[O-])c1. The summed E-state index contributed by atoms with van der Waals surface area (Å²) in [4.78, 5) is 24.0. The van der Waals surface area contributed by atoms with E-state index in [-0.39, 0.29) is 11.4 Å². The average molecular weight is 348 g/mol. The second-order valence-corrected chi connectivity index (χ2v) is 5.54. The second kappa shape index (κ2) is 7.69. The molecule has 0 aromatic heterocycles. The van der Waals surface area contributed by atoms with Gasteiger partial charge in [-0.2, -0.15) is 0 Å². The molecule has 24 heavy (non-hydrogen) atoms. The molecule has 2 aromatic carbocycles. The molecule has 0 aliphatic carbocycles. The van der Waals surface area contributed by atoms with E-state index in [4.69, 9.17) is 9.47 Å². The fourth-order valence-corrected chi connectivity index (χ4v) is 2.50. The summed E-state index contributed by atoms with van der Waals surface area (Å²) in [6.07, 6.45) is 1.91. The van der Waals surface area contributed by atoms with E-state index in [0.717, 1.165) is 4.90 Å². The van der Waals surface area contributed by atoms with Crippen molar-refractivity contribution in [2.75, 3.05) is 25.8 Å². The number of benzene rings is 2. The number of carbonyl (C=O) groups excluding carboxylic acids is 1. The molecule has 1 amide bonds. The van der Waals surface area contributed by atoms with Gasteiger partial charge in [0.2, 0.25) is 0 Å². The molecule has 2 rings (SSSR count). The molecule has 7 nitrogen and oxygen atoms in total. The molecule has 0 saturated heterocycles. The quantitative estimate of drug-likeness (QED) is 0.487. The molecule has 0 saturated carbocycles. The van der Waals surface area contributed by atoms with Gasteiger partial charge < -0.3 is 14.8 Å². The zero-order valence-electron chi connectivity index (χ0n) is 13.4. The minimum atomic E-state index is -0.577. The van der Waals surface area contributed by atoms with Crippen molar-refractivity contribution in [1.29, 1.82) is 0 Å². The van der Waals surface area contributed by atoms with E-state index in [1.807, 2.05) is 6.26 Å². The van der Waals surface area contributed by atoms with Crippen LogP contribution >= 0.6 is 11.8 Å². The van der Waals surface area contributed by atoms with E-state index < -0.39 is 10.8 Å². The molecular weight excluding hydrogens is 332 g/mol. The van der Waals surface area contributed by atoms with E-state index in [1.165, 1.54) is 44.2 Å². The molecule has 0 aliphatic heterocycles. The van der Waals surface area contributed by atoms with Crippen molar-refractivity contribution in [2.45, 2.75) is 4.90 Å². The molecule has 0 unspecified atom stereocenters. The van der Waals surface area contributed by atoms with Crippen LogP contribution in [-0.2, 0) is 0 Å². The van der Waals surface area contributed by atoms with Crippen LogP contribution in [0.2, 0.25) is 0 Å². The summed E-state index contributed by atoms with van der Waals surface area (Å²) < 4.78 is 10.2. The summed E-state index contributed by atoms with van der Waals surface area (Å²) in [7, 11) is 2.88. The minimum Gasteiger partial charge on any atom is -0.496 e. The third-order valence-electron chi connectivity index (χ3n) is 3.30. The van der Waals surface area contributed by atoms with Gasteiger partial charge in [0.25, 0.3) is 11.6 Å². The highest BCUT2D eigenvalue weighted by atomic mass is 32.2. The number of anilines is 1. The number of thioether (sulfide) groups is 1. The van der Waals surface area contributed by atoms with Crippen LogP contribution in [0.1, 0.15) is 10.4 Å². The predicted octanol–water partition coefficient (Wildman–Crippen LogP) is 3.59. The number of nitro benzene ring substituents is 1. The van der Waals surface area contributed by atoms with Crippen LogP contribution in [0.25, 0.3) is 0 Å². The number of carbonyl (C=O) groups is 1. The fraction of sp³-hybridized carbons (Fsp3) is 0.188. The number of amides is 1. The van der Waals surface area contributed by atoms with E-state index in [9.17, 15) is 14.9 Å². The second-order valence-electron chi connectivity index (χ2n) is 4.66. The monoisotopic (exact) mass is 348 g/mol. The summed E-state index contributed by atoms with van der Waals surface area (Å²) >= 11 is 1.52. The van der Waals surface area contributed by atoms with E-state index in [0.29, 0.717) is 17.1 Å². The van der Waals surface area contributed by atoms with Crippen LogP contribution < -0.4 is 14.8 Å². The molecule has 0 spiro atoms. The molecule has 1 N–H and O–H groups in total. The Morgan fingerprint density at radius 3 is 2.50 bits per heavy atom. The highest BCUT2D eigenvalue weighted by Gasteiger charge is 2.20. The van der Waals surface area contributed by atoms with Crippen molar-refractivity contribution in [3.63, 3.8) is 0 Å². The number of rotatable bonds is 6. The van der Waals surface area contributed by atoms with Gasteiger partial charge in [-0.05, 0) is 36.6 Å². The first-order valence-corrected chi connectivity index (χ1v) is 8.08. The minimum absolute atomic E-state index is 0.0850. The van der Waals surface area contributed by atoms with Gasteiger partial charge >= 0.3 is 0 Å². The lowest BCUT2D eigenvalue weighted by atomic mass is 10.1. The molecule has 8 heteroatoms. The zero-order valence-corrected chi connectivity index (χ0v) is 14.2. The van der Waals surface area contributed by atoms with Crippen LogP contribution in [0.3, 0.4) is 0 Å². The van der Waals surface area contributed by atoms with Crippen molar-refractivity contribution in [3.05, 3.63) is 52.1 Å². The molecule has 126 valence electrons. The standard InChI is InChI=1S/C16H16N2O5S/c1-22-10-4-7-13(14(8-10)18(20)21)17-16(19)12-6-5-11(24-3)9-15(12)23-2/h4-9H,1-3H3,(H,17,19). The van der Waals surface area contributed by atoms with E-state index >= 15 is 0 Å². The van der Waals surface area contributed by atoms with E-state index in [1.54, 1.807) is 18.2 Å². The Morgan fingerprint density at radius 1 is 1.17 bits per heavy atom. The summed E-state index contributed by atoms with van der Waals surface area (Å²) in [6, 6.07) is 9.36. The van der Waals surface area contributed by atoms with Gasteiger partial charge in [-0.25, -0.2) is 0 Å². The Balaban J connectivity index is 2.35. The molecule has 0 radical (unpaired) electrons. The first kappa shape index (κ1) is 17.6. The van der Waals surface area contributed by atoms with Crippen LogP contribution in [0.5, 0.6) is 11.5 Å². The van der Waals surface area contributed by atoms with Crippen molar-refractivity contribution in [3.8, 4) is 11.5 Å². The highest BCUT2D eigenvalue weighted by molar-refractivity contribution is 7.98. The van der Waals surface area contributed by atoms with Crippen LogP contribution in [0, 0.1) is 10.1 Å². The first-order valence-electron chi connectivity index (χ1n) is 6.86. The number of hydrogen-bond acceptors (Lipinski definition) is 6. The molecule has 2 aromatic rings. The Bertz CT molecular complexity index is 779. The maximum Gasteiger partial charge on any atom is 0.296 e. The number of nitro groups is 1. The number of hydrogen-bond donors (Lipinski definition) is 1. The van der Waals surface area contributed by atoms with Crippen LogP contribution in [0.4, 0.5) is 11.4 Å². The molecule has 0 atom stereocenters. The summed E-state index contributed by atoms with van der Waals surface area (Å²) in [5.74, 6) is 0.241. The largest absolute Gasteiger partial charge is 0.496 e. The smallest absolute Gasteiger partial charge is 0.296 e. The number of ether oxygens (including phenoxy) is 2. The van der Waals surface area contributed by atoms with Gasteiger partial charge in [0, 0.05) is 4.90 Å². The van der Waals surface area contributed by atoms with Crippen molar-refractivity contribution >= 4 is 29.0 Å². The van der Waals surface area contributed by atoms with Gasteiger partial charge in [-0.3, -0.25) is 14.9 Å². The number of nitrogens with zero attached hydrogens (tertiary/aromatic N) is 1. The molecule has 0 aliphatic rings. The Labute approximate surface area is 143 Å². The van der Waals surface area contributed by atoms with Crippen molar-refractivity contribution in [1.82, 2.24) is 0 Å². The summed E-state index contributed by atoms with van der Waals surface area (Å²) in [5, 5.41) is 13.7. The Morgan fingerprint density at radius 2 is 1.92 bits per heavy atom. The first-order chi connectivity index (χ1) is 11.5. The maximum atomic E-state index is 12.5. The van der Waals surface area contributed by atoms with Crippen LogP contribution in [0.15, 0.2) is 41.3 Å². The van der Waals surface area contributed by atoms with Gasteiger partial charge in [0.15, 0.2) is 0 Å². The van der Waals surface area contributed by atoms with Crippen molar-refractivity contribution < 1.29 is 19.2 Å².